The monoisotopic (exact) mass is 287 g/mol. The molecule has 3 N–H and O–H groups in total. The molecule has 1 aromatic carbocycles. The van der Waals surface area contributed by atoms with Crippen LogP contribution in [0, 0.1) is 0 Å². The number of nitrogens with zero attached hydrogens (tertiary/aromatic N) is 1. The molecule has 0 saturated heterocycles. The summed E-state index contributed by atoms with van der Waals surface area (Å²) >= 11 is 0. The third kappa shape index (κ3) is 3.62. The van der Waals surface area contributed by atoms with Gasteiger partial charge in [0.25, 0.3) is 0 Å². The lowest BCUT2D eigenvalue weighted by Gasteiger charge is -2.11. The fourth-order valence-electron chi connectivity index (χ4n) is 1.83. The van der Waals surface area contributed by atoms with Crippen molar-refractivity contribution in [3.8, 4) is 5.88 Å². The van der Waals surface area contributed by atoms with Gasteiger partial charge in [0, 0.05) is 30.2 Å². The molecule has 6 heteroatoms. The van der Waals surface area contributed by atoms with E-state index in [0.29, 0.717) is 29.4 Å². The molecule has 1 heterocycles. The number of nitrogens with one attached hydrogen (secondary N) is 1. The van der Waals surface area contributed by atoms with Crippen molar-refractivity contribution in [2.75, 3.05) is 25.3 Å². The summed E-state index contributed by atoms with van der Waals surface area (Å²) in [4.78, 5) is 15.9. The van der Waals surface area contributed by atoms with Crippen molar-refractivity contribution >= 4 is 17.3 Å². The smallest absolute Gasteiger partial charge is 0.340 e. The molecule has 0 amide bonds. The van der Waals surface area contributed by atoms with Gasteiger partial charge in [0.2, 0.25) is 5.88 Å². The first kappa shape index (κ1) is 14.6. The number of hydrogen-bond donors (Lipinski definition) is 2. The number of pyridine rings is 1. The quantitative estimate of drug-likeness (QED) is 0.646. The molecule has 2 rings (SSSR count). The summed E-state index contributed by atoms with van der Waals surface area (Å²) in [7, 11) is 2.90. The summed E-state index contributed by atoms with van der Waals surface area (Å²) in [5.41, 5.74) is 8.23. The Labute approximate surface area is 122 Å². The van der Waals surface area contributed by atoms with Crippen molar-refractivity contribution in [2.24, 2.45) is 0 Å². The van der Waals surface area contributed by atoms with Crippen molar-refractivity contribution in [3.05, 3.63) is 47.7 Å². The van der Waals surface area contributed by atoms with E-state index in [4.69, 9.17) is 15.2 Å². The number of rotatable bonds is 5. The third-order valence-electron chi connectivity index (χ3n) is 2.94. The van der Waals surface area contributed by atoms with E-state index in [-0.39, 0.29) is 0 Å². The molecule has 110 valence electrons. The summed E-state index contributed by atoms with van der Waals surface area (Å²) in [5, 5.41) is 3.17. The van der Waals surface area contributed by atoms with Crippen LogP contribution < -0.4 is 15.8 Å². The predicted octanol–water partition coefficient (Wildman–Crippen LogP) is 2.07. The average Bonchev–Trinajstić information content (AvgIpc) is 2.53. The lowest BCUT2D eigenvalue weighted by Crippen LogP contribution is -2.09. The second-order valence-corrected chi connectivity index (χ2v) is 4.36. The Kier molecular flexibility index (Phi) is 4.61. The summed E-state index contributed by atoms with van der Waals surface area (Å²) in [5.74, 6) is 0.124. The molecule has 2 aromatic rings. The number of nitrogen functional groups attached to an aromatic ring is 1. The molecule has 0 fully saturated rings. The van der Waals surface area contributed by atoms with E-state index < -0.39 is 5.97 Å². The molecule has 0 aliphatic carbocycles. The molecular weight excluding hydrogens is 270 g/mol. The van der Waals surface area contributed by atoms with Gasteiger partial charge in [0.1, 0.15) is 0 Å². The topological polar surface area (TPSA) is 86.5 Å². The number of methoxy groups -OCH3 is 2. The summed E-state index contributed by atoms with van der Waals surface area (Å²) in [6, 6.07) is 8.73. The highest BCUT2D eigenvalue weighted by Crippen LogP contribution is 2.20. The van der Waals surface area contributed by atoms with E-state index in [9.17, 15) is 4.79 Å². The van der Waals surface area contributed by atoms with Crippen molar-refractivity contribution < 1.29 is 14.3 Å². The number of anilines is 2. The number of carbonyl (C=O) groups is 1. The molecule has 0 bridgehead atoms. The van der Waals surface area contributed by atoms with Crippen molar-refractivity contribution in [1.29, 1.82) is 0 Å². The zero-order chi connectivity index (χ0) is 15.2. The Bertz CT molecular complexity index is 627. The molecule has 21 heavy (non-hydrogen) atoms. The second kappa shape index (κ2) is 6.60. The summed E-state index contributed by atoms with van der Waals surface area (Å²) in [6.07, 6.45) is 1.71. The summed E-state index contributed by atoms with van der Waals surface area (Å²) < 4.78 is 9.75. The zero-order valence-electron chi connectivity index (χ0n) is 11.9. The Morgan fingerprint density at radius 1 is 1.29 bits per heavy atom. The maximum Gasteiger partial charge on any atom is 0.340 e. The Morgan fingerprint density at radius 3 is 2.71 bits per heavy atom. The maximum absolute atomic E-state index is 11.7. The van der Waals surface area contributed by atoms with Gasteiger partial charge in [0.05, 0.1) is 19.8 Å². The van der Waals surface area contributed by atoms with Crippen molar-refractivity contribution in [1.82, 2.24) is 4.98 Å². The number of ether oxygens (including phenoxy) is 2. The van der Waals surface area contributed by atoms with Gasteiger partial charge in [-0.2, -0.15) is 0 Å². The van der Waals surface area contributed by atoms with Crippen LogP contribution in [0.1, 0.15) is 15.9 Å². The molecule has 6 nitrogen and oxygen atoms in total. The maximum atomic E-state index is 11.7. The van der Waals surface area contributed by atoms with Crippen LogP contribution in [0.25, 0.3) is 0 Å². The summed E-state index contributed by atoms with van der Waals surface area (Å²) in [6.45, 7) is 0.519. The van der Waals surface area contributed by atoms with Crippen LogP contribution in [0.15, 0.2) is 36.5 Å². The lowest BCUT2D eigenvalue weighted by molar-refractivity contribution is 0.0602. The second-order valence-electron chi connectivity index (χ2n) is 4.36. The van der Waals surface area contributed by atoms with Crippen LogP contribution in [0.5, 0.6) is 5.88 Å². The van der Waals surface area contributed by atoms with Crippen LogP contribution >= 0.6 is 0 Å². The molecule has 1 aromatic heterocycles. The number of hydrogen-bond acceptors (Lipinski definition) is 6. The van der Waals surface area contributed by atoms with E-state index in [1.54, 1.807) is 37.6 Å². The van der Waals surface area contributed by atoms with Gasteiger partial charge in [0.15, 0.2) is 0 Å². The lowest BCUT2D eigenvalue weighted by atomic mass is 10.1. The SMILES string of the molecule is COC(=O)c1cc(N)ccc1NCc1ccc(OC)nc1. The Hall–Kier alpha value is -2.76. The van der Waals surface area contributed by atoms with E-state index in [1.807, 2.05) is 6.07 Å². The van der Waals surface area contributed by atoms with E-state index in [1.165, 1.54) is 7.11 Å². The highest BCUT2D eigenvalue weighted by molar-refractivity contribution is 5.96. The van der Waals surface area contributed by atoms with Crippen LogP contribution in [-0.4, -0.2) is 25.2 Å². The van der Waals surface area contributed by atoms with Crippen LogP contribution in [0.3, 0.4) is 0 Å². The van der Waals surface area contributed by atoms with Crippen LogP contribution in [-0.2, 0) is 11.3 Å². The van der Waals surface area contributed by atoms with Crippen molar-refractivity contribution in [2.45, 2.75) is 6.54 Å². The molecule has 0 spiro atoms. The predicted molar refractivity (Wildman–Crippen MR) is 80.3 cm³/mol. The Morgan fingerprint density at radius 2 is 2.10 bits per heavy atom. The molecule has 0 atom stereocenters. The van der Waals surface area contributed by atoms with Crippen molar-refractivity contribution in [3.63, 3.8) is 0 Å². The highest BCUT2D eigenvalue weighted by Gasteiger charge is 2.12. The highest BCUT2D eigenvalue weighted by atomic mass is 16.5. The van der Waals surface area contributed by atoms with Gasteiger partial charge in [-0.05, 0) is 23.8 Å². The van der Waals surface area contributed by atoms with E-state index in [2.05, 4.69) is 10.3 Å². The first-order valence-electron chi connectivity index (χ1n) is 6.34. The molecular formula is C15H17N3O3. The minimum atomic E-state index is -0.433. The molecule has 0 saturated carbocycles. The standard InChI is InChI=1S/C15H17N3O3/c1-20-14-6-3-10(9-18-14)8-17-13-5-4-11(16)7-12(13)15(19)21-2/h3-7,9,17H,8,16H2,1-2H3. The molecule has 0 radical (unpaired) electrons. The van der Waals surface area contributed by atoms with Crippen LogP contribution in [0.4, 0.5) is 11.4 Å². The molecule has 0 aliphatic heterocycles. The molecule has 0 unspecified atom stereocenters. The number of esters is 1. The zero-order valence-corrected chi connectivity index (χ0v) is 11.9. The van der Waals surface area contributed by atoms with Gasteiger partial charge in [-0.15, -0.1) is 0 Å². The Balaban J connectivity index is 2.13. The van der Waals surface area contributed by atoms with Gasteiger partial charge in [-0.3, -0.25) is 0 Å². The van der Waals surface area contributed by atoms with Gasteiger partial charge in [-0.1, -0.05) is 6.07 Å². The van der Waals surface area contributed by atoms with Gasteiger partial charge >= 0.3 is 5.97 Å². The van der Waals surface area contributed by atoms with Crippen LogP contribution in [0.2, 0.25) is 0 Å². The number of nitrogens with two attached hydrogens (primary N) is 1. The fraction of sp³-hybridized carbons (Fsp3) is 0.200. The minimum absolute atomic E-state index is 0.402. The largest absolute Gasteiger partial charge is 0.481 e. The van der Waals surface area contributed by atoms with Gasteiger partial charge < -0.3 is 20.5 Å². The number of aromatic nitrogens is 1. The van der Waals surface area contributed by atoms with E-state index >= 15 is 0 Å². The average molecular weight is 287 g/mol. The fourth-order valence-corrected chi connectivity index (χ4v) is 1.83. The minimum Gasteiger partial charge on any atom is -0.481 e. The van der Waals surface area contributed by atoms with Gasteiger partial charge in [-0.25, -0.2) is 9.78 Å². The molecule has 0 aliphatic rings. The normalized spacial score (nSPS) is 10.0. The third-order valence-corrected chi connectivity index (χ3v) is 2.94. The first-order valence-corrected chi connectivity index (χ1v) is 6.34. The van der Waals surface area contributed by atoms with E-state index in [0.717, 1.165) is 5.56 Å². The number of benzene rings is 1. The number of carbonyl (C=O) groups excluding carboxylic acids is 1. The first-order chi connectivity index (χ1) is 10.1.